The standard InChI is InChI=1S/C24H30N4O3S/c29-24(26-19-21-8-9-23(25-18-21)27-13-4-5-14-27)22-10-15-28(16-11-22)32(30,31)17-12-20-6-2-1-3-7-20/h1-3,6-9,12,17-18,22H,4-5,10-11,13-16,19H2,(H,26,29)/b17-12+. The molecule has 2 aromatic rings. The molecule has 8 heteroatoms. The zero-order valence-corrected chi connectivity index (χ0v) is 19.0. The quantitative estimate of drug-likeness (QED) is 0.695. The van der Waals surface area contributed by atoms with Crippen molar-refractivity contribution in [2.24, 2.45) is 5.92 Å². The van der Waals surface area contributed by atoms with Gasteiger partial charge in [-0.2, -0.15) is 4.31 Å². The minimum absolute atomic E-state index is 0.0227. The molecule has 0 saturated carbocycles. The number of hydrogen-bond donors (Lipinski definition) is 1. The lowest BCUT2D eigenvalue weighted by atomic mass is 9.97. The number of sulfonamides is 1. The second kappa shape index (κ2) is 10.3. The van der Waals surface area contributed by atoms with Gasteiger partial charge in [0.15, 0.2) is 0 Å². The maximum Gasteiger partial charge on any atom is 0.236 e. The van der Waals surface area contributed by atoms with Crippen LogP contribution in [-0.4, -0.2) is 49.8 Å². The van der Waals surface area contributed by atoms with Crippen LogP contribution in [0.3, 0.4) is 0 Å². The molecule has 1 aromatic carbocycles. The molecule has 0 spiro atoms. The van der Waals surface area contributed by atoms with E-state index < -0.39 is 10.0 Å². The van der Waals surface area contributed by atoms with E-state index in [9.17, 15) is 13.2 Å². The van der Waals surface area contributed by atoms with Gasteiger partial charge in [-0.25, -0.2) is 13.4 Å². The fourth-order valence-electron chi connectivity index (χ4n) is 4.18. The van der Waals surface area contributed by atoms with Gasteiger partial charge in [-0.15, -0.1) is 0 Å². The van der Waals surface area contributed by atoms with Crippen LogP contribution in [0.2, 0.25) is 0 Å². The number of amides is 1. The van der Waals surface area contributed by atoms with Crippen LogP contribution in [-0.2, 0) is 21.4 Å². The first-order valence-electron chi connectivity index (χ1n) is 11.2. The highest BCUT2D eigenvalue weighted by Gasteiger charge is 2.29. The Kier molecular flexibility index (Phi) is 7.22. The number of carbonyl (C=O) groups excluding carboxylic acids is 1. The normalized spacial score (nSPS) is 18.3. The van der Waals surface area contributed by atoms with Gasteiger partial charge in [0.1, 0.15) is 5.82 Å². The Hall–Kier alpha value is -2.71. The number of nitrogens with one attached hydrogen (secondary N) is 1. The van der Waals surface area contributed by atoms with Crippen molar-refractivity contribution < 1.29 is 13.2 Å². The van der Waals surface area contributed by atoms with Gasteiger partial charge in [0, 0.05) is 50.2 Å². The average Bonchev–Trinajstić information content (AvgIpc) is 3.37. The molecule has 0 radical (unpaired) electrons. The summed E-state index contributed by atoms with van der Waals surface area (Å²) < 4.78 is 26.6. The lowest BCUT2D eigenvalue weighted by Gasteiger charge is -2.29. The third-order valence-corrected chi connectivity index (χ3v) is 7.69. The Bertz CT molecular complexity index is 1020. The third-order valence-electron chi connectivity index (χ3n) is 6.12. The maximum absolute atomic E-state index is 12.6. The fourth-order valence-corrected chi connectivity index (χ4v) is 5.40. The molecule has 4 rings (SSSR count). The summed E-state index contributed by atoms with van der Waals surface area (Å²) in [6, 6.07) is 13.4. The number of benzene rings is 1. The maximum atomic E-state index is 12.6. The molecule has 32 heavy (non-hydrogen) atoms. The number of nitrogens with zero attached hydrogens (tertiary/aromatic N) is 3. The average molecular weight is 455 g/mol. The van der Waals surface area contributed by atoms with Crippen LogP contribution in [0, 0.1) is 5.92 Å². The lowest BCUT2D eigenvalue weighted by molar-refractivity contribution is -0.126. The molecule has 0 aliphatic carbocycles. The summed E-state index contributed by atoms with van der Waals surface area (Å²) >= 11 is 0. The number of hydrogen-bond acceptors (Lipinski definition) is 5. The van der Waals surface area contributed by atoms with E-state index in [1.165, 1.54) is 22.6 Å². The number of aromatic nitrogens is 1. The van der Waals surface area contributed by atoms with E-state index in [1.54, 1.807) is 6.08 Å². The van der Waals surface area contributed by atoms with Gasteiger partial charge >= 0.3 is 0 Å². The van der Waals surface area contributed by atoms with Crippen LogP contribution in [0.15, 0.2) is 54.1 Å². The molecule has 2 aliphatic heterocycles. The fraction of sp³-hybridized carbons (Fsp3) is 0.417. The first kappa shape index (κ1) is 22.5. The summed E-state index contributed by atoms with van der Waals surface area (Å²) in [5, 5.41) is 4.23. The zero-order chi connectivity index (χ0) is 22.4. The van der Waals surface area contributed by atoms with E-state index in [2.05, 4.69) is 15.2 Å². The highest BCUT2D eigenvalue weighted by Crippen LogP contribution is 2.22. The summed E-state index contributed by atoms with van der Waals surface area (Å²) in [6.45, 7) is 3.25. The van der Waals surface area contributed by atoms with Crippen molar-refractivity contribution in [1.29, 1.82) is 0 Å². The van der Waals surface area contributed by atoms with E-state index in [0.29, 0.717) is 32.5 Å². The lowest BCUT2D eigenvalue weighted by Crippen LogP contribution is -2.42. The first-order chi connectivity index (χ1) is 15.5. The number of rotatable bonds is 7. The SMILES string of the molecule is O=C(NCc1ccc(N2CCCC2)nc1)C1CCN(S(=O)(=O)/C=C/c2ccccc2)CC1. The number of carbonyl (C=O) groups is 1. The second-order valence-electron chi connectivity index (χ2n) is 8.37. The van der Waals surface area contributed by atoms with Crippen LogP contribution in [0.4, 0.5) is 5.82 Å². The first-order valence-corrected chi connectivity index (χ1v) is 12.7. The van der Waals surface area contributed by atoms with Gasteiger partial charge in [-0.1, -0.05) is 36.4 Å². The Morgan fingerprint density at radius 1 is 1.03 bits per heavy atom. The predicted octanol–water partition coefficient (Wildman–Crippen LogP) is 3.01. The van der Waals surface area contributed by atoms with Gasteiger partial charge in [0.05, 0.1) is 0 Å². The largest absolute Gasteiger partial charge is 0.357 e. The van der Waals surface area contributed by atoms with Crippen molar-refractivity contribution in [3.63, 3.8) is 0 Å². The molecule has 1 N–H and O–H groups in total. The molecule has 170 valence electrons. The molecular weight excluding hydrogens is 424 g/mol. The molecule has 0 bridgehead atoms. The van der Waals surface area contributed by atoms with Crippen LogP contribution in [0.5, 0.6) is 0 Å². The van der Waals surface area contributed by atoms with Crippen molar-refractivity contribution in [3.8, 4) is 0 Å². The summed E-state index contributed by atoms with van der Waals surface area (Å²) in [5.74, 6) is 0.800. The molecule has 0 unspecified atom stereocenters. The van der Waals surface area contributed by atoms with Crippen molar-refractivity contribution in [1.82, 2.24) is 14.6 Å². The molecule has 1 amide bonds. The molecule has 1 aromatic heterocycles. The molecular formula is C24H30N4O3S. The minimum atomic E-state index is -3.49. The summed E-state index contributed by atoms with van der Waals surface area (Å²) in [6.07, 6.45) is 6.90. The minimum Gasteiger partial charge on any atom is -0.357 e. The number of pyridine rings is 1. The molecule has 7 nitrogen and oxygen atoms in total. The van der Waals surface area contributed by atoms with Crippen LogP contribution < -0.4 is 10.2 Å². The van der Waals surface area contributed by atoms with Crippen molar-refractivity contribution in [3.05, 3.63) is 65.2 Å². The van der Waals surface area contributed by atoms with Gasteiger partial charge in [0.2, 0.25) is 15.9 Å². The van der Waals surface area contributed by atoms with Crippen molar-refractivity contribution >= 4 is 27.8 Å². The van der Waals surface area contributed by atoms with Crippen LogP contribution in [0.25, 0.3) is 6.08 Å². The van der Waals surface area contributed by atoms with E-state index in [-0.39, 0.29) is 11.8 Å². The smallest absolute Gasteiger partial charge is 0.236 e. The van der Waals surface area contributed by atoms with Gasteiger partial charge in [0.25, 0.3) is 0 Å². The summed E-state index contributed by atoms with van der Waals surface area (Å²) in [5.41, 5.74) is 1.81. The Labute approximate surface area is 190 Å². The van der Waals surface area contributed by atoms with Crippen LogP contribution >= 0.6 is 0 Å². The molecule has 2 fully saturated rings. The third kappa shape index (κ3) is 5.75. The van der Waals surface area contributed by atoms with E-state index in [0.717, 1.165) is 30.0 Å². The Balaban J connectivity index is 1.24. The van der Waals surface area contributed by atoms with Gasteiger partial charge in [-0.3, -0.25) is 4.79 Å². The summed E-state index contributed by atoms with van der Waals surface area (Å²) in [4.78, 5) is 19.4. The molecule has 2 aliphatic rings. The van der Waals surface area contributed by atoms with Gasteiger partial charge < -0.3 is 10.2 Å². The Morgan fingerprint density at radius 2 is 1.75 bits per heavy atom. The van der Waals surface area contributed by atoms with Crippen molar-refractivity contribution in [2.45, 2.75) is 32.2 Å². The van der Waals surface area contributed by atoms with E-state index in [4.69, 9.17) is 0 Å². The van der Waals surface area contributed by atoms with Crippen LogP contribution in [0.1, 0.15) is 36.8 Å². The Morgan fingerprint density at radius 3 is 2.41 bits per heavy atom. The number of piperidine rings is 1. The molecule has 2 saturated heterocycles. The second-order valence-corrected chi connectivity index (χ2v) is 10.2. The predicted molar refractivity (Wildman–Crippen MR) is 126 cm³/mol. The van der Waals surface area contributed by atoms with E-state index >= 15 is 0 Å². The number of anilines is 1. The molecule has 3 heterocycles. The monoisotopic (exact) mass is 454 g/mol. The zero-order valence-electron chi connectivity index (χ0n) is 18.2. The van der Waals surface area contributed by atoms with E-state index in [1.807, 2.05) is 48.7 Å². The highest BCUT2D eigenvalue weighted by atomic mass is 32.2. The molecule has 0 atom stereocenters. The highest BCUT2D eigenvalue weighted by molar-refractivity contribution is 7.92. The van der Waals surface area contributed by atoms with Crippen molar-refractivity contribution in [2.75, 3.05) is 31.1 Å². The summed E-state index contributed by atoms with van der Waals surface area (Å²) in [7, 11) is -3.49. The van der Waals surface area contributed by atoms with Gasteiger partial charge in [-0.05, 0) is 49.0 Å². The topological polar surface area (TPSA) is 82.6 Å².